The van der Waals surface area contributed by atoms with E-state index < -0.39 is 0 Å². The van der Waals surface area contributed by atoms with Crippen LogP contribution in [0.3, 0.4) is 0 Å². The van der Waals surface area contributed by atoms with Crippen LogP contribution in [0.1, 0.15) is 42.3 Å². The molecule has 3 rings (SSSR count). The van der Waals surface area contributed by atoms with Gasteiger partial charge in [0.15, 0.2) is 0 Å². The molecule has 164 valence electrons. The van der Waals surface area contributed by atoms with Crippen molar-refractivity contribution in [3.8, 4) is 5.75 Å². The SMILES string of the molecule is CCN(C[C@@H]1CCCN(CCc2cccc(OC)c2)C1)C(=O)Cc1c(C)noc1C. The minimum absolute atomic E-state index is 0.167. The largest absolute Gasteiger partial charge is 0.497 e. The zero-order valence-corrected chi connectivity index (χ0v) is 18.8. The number of amides is 1. The number of likely N-dealkylation sites (tertiary alicyclic amines) is 1. The Morgan fingerprint density at radius 3 is 2.90 bits per heavy atom. The average Bonchev–Trinajstić information content (AvgIpc) is 3.08. The third-order valence-electron chi connectivity index (χ3n) is 6.18. The van der Waals surface area contributed by atoms with E-state index in [1.165, 1.54) is 18.4 Å². The van der Waals surface area contributed by atoms with Crippen molar-refractivity contribution in [2.75, 3.05) is 39.8 Å². The lowest BCUT2D eigenvalue weighted by Crippen LogP contribution is -2.43. The van der Waals surface area contributed by atoms with Crippen molar-refractivity contribution in [2.24, 2.45) is 5.92 Å². The number of rotatable bonds is 9. The van der Waals surface area contributed by atoms with Crippen LogP contribution in [-0.4, -0.2) is 60.7 Å². The molecule has 0 spiro atoms. The summed E-state index contributed by atoms with van der Waals surface area (Å²) in [7, 11) is 1.71. The molecule has 0 aliphatic carbocycles. The molecule has 1 amide bonds. The quantitative estimate of drug-likeness (QED) is 0.628. The van der Waals surface area contributed by atoms with Crippen LogP contribution < -0.4 is 4.74 Å². The highest BCUT2D eigenvalue weighted by Gasteiger charge is 2.25. The van der Waals surface area contributed by atoms with Crippen molar-refractivity contribution < 1.29 is 14.1 Å². The second kappa shape index (κ2) is 10.6. The molecule has 30 heavy (non-hydrogen) atoms. The standard InChI is InChI=1S/C24H35N3O3/c1-5-27(24(28)15-23-18(2)25-30-19(23)3)17-21-9-7-12-26(16-21)13-11-20-8-6-10-22(14-20)29-4/h6,8,10,14,21H,5,7,9,11-13,15-17H2,1-4H3/t21-/m1/s1. The van der Waals surface area contributed by atoms with Crippen molar-refractivity contribution in [1.29, 1.82) is 0 Å². The summed E-state index contributed by atoms with van der Waals surface area (Å²) in [4.78, 5) is 17.4. The van der Waals surface area contributed by atoms with Crippen molar-refractivity contribution in [1.82, 2.24) is 15.0 Å². The van der Waals surface area contributed by atoms with Crippen molar-refractivity contribution in [3.05, 3.63) is 46.8 Å². The Bertz CT molecular complexity index is 813. The van der Waals surface area contributed by atoms with E-state index in [4.69, 9.17) is 9.26 Å². The van der Waals surface area contributed by atoms with Gasteiger partial charge in [0.25, 0.3) is 0 Å². The number of aromatic nitrogens is 1. The van der Waals surface area contributed by atoms with Crippen LogP contribution in [0, 0.1) is 19.8 Å². The van der Waals surface area contributed by atoms with Gasteiger partial charge >= 0.3 is 0 Å². The minimum atomic E-state index is 0.167. The van der Waals surface area contributed by atoms with Crippen LogP contribution in [0.5, 0.6) is 5.75 Å². The summed E-state index contributed by atoms with van der Waals surface area (Å²) < 4.78 is 10.5. The molecule has 0 unspecified atom stereocenters. The van der Waals surface area contributed by atoms with Crippen LogP contribution in [0.4, 0.5) is 0 Å². The minimum Gasteiger partial charge on any atom is -0.497 e. The van der Waals surface area contributed by atoms with Crippen LogP contribution in [0.2, 0.25) is 0 Å². The van der Waals surface area contributed by atoms with Gasteiger partial charge in [-0.15, -0.1) is 0 Å². The molecule has 1 atom stereocenters. The Morgan fingerprint density at radius 2 is 2.20 bits per heavy atom. The Balaban J connectivity index is 1.51. The first-order valence-corrected chi connectivity index (χ1v) is 11.0. The van der Waals surface area contributed by atoms with E-state index in [1.54, 1.807) is 7.11 Å². The van der Waals surface area contributed by atoms with Gasteiger partial charge in [0.05, 0.1) is 19.2 Å². The average molecular weight is 414 g/mol. The van der Waals surface area contributed by atoms with Crippen LogP contribution in [0.15, 0.2) is 28.8 Å². The van der Waals surface area contributed by atoms with Crippen molar-refractivity contribution in [3.63, 3.8) is 0 Å². The number of carbonyl (C=O) groups excluding carboxylic acids is 1. The van der Waals surface area contributed by atoms with Gasteiger partial charge in [-0.2, -0.15) is 0 Å². The Hall–Kier alpha value is -2.34. The van der Waals surface area contributed by atoms with E-state index in [2.05, 4.69) is 35.2 Å². The van der Waals surface area contributed by atoms with Gasteiger partial charge in [-0.3, -0.25) is 4.79 Å². The van der Waals surface area contributed by atoms with Gasteiger partial charge in [-0.1, -0.05) is 17.3 Å². The number of aryl methyl sites for hydroxylation is 2. The van der Waals surface area contributed by atoms with Gasteiger partial charge in [-0.05, 0) is 70.2 Å². The second-order valence-corrected chi connectivity index (χ2v) is 8.32. The van der Waals surface area contributed by atoms with Crippen molar-refractivity contribution in [2.45, 2.75) is 46.5 Å². The maximum absolute atomic E-state index is 12.9. The summed E-state index contributed by atoms with van der Waals surface area (Å²) in [5, 5.41) is 3.98. The zero-order chi connectivity index (χ0) is 21.5. The Kier molecular flexibility index (Phi) is 7.91. The van der Waals surface area contributed by atoms with E-state index in [0.29, 0.717) is 12.3 Å². The van der Waals surface area contributed by atoms with Gasteiger partial charge in [0.2, 0.25) is 5.91 Å². The molecule has 0 N–H and O–H groups in total. The number of nitrogens with zero attached hydrogens (tertiary/aromatic N) is 3. The molecule has 6 nitrogen and oxygen atoms in total. The number of piperidine rings is 1. The summed E-state index contributed by atoms with van der Waals surface area (Å²) in [5.41, 5.74) is 3.06. The Morgan fingerprint density at radius 1 is 1.37 bits per heavy atom. The Labute approximate surface area is 180 Å². The van der Waals surface area contributed by atoms with E-state index in [-0.39, 0.29) is 5.91 Å². The number of hydrogen-bond donors (Lipinski definition) is 0. The predicted octanol–water partition coefficient (Wildman–Crippen LogP) is 3.65. The van der Waals surface area contributed by atoms with Gasteiger partial charge in [-0.25, -0.2) is 0 Å². The third-order valence-corrected chi connectivity index (χ3v) is 6.18. The lowest BCUT2D eigenvalue weighted by molar-refractivity contribution is -0.131. The monoisotopic (exact) mass is 413 g/mol. The topological polar surface area (TPSA) is 58.8 Å². The van der Waals surface area contributed by atoms with Crippen LogP contribution in [0.25, 0.3) is 0 Å². The molecular formula is C24H35N3O3. The highest BCUT2D eigenvalue weighted by atomic mass is 16.5. The molecule has 1 fully saturated rings. The molecule has 1 aliphatic heterocycles. The van der Waals surface area contributed by atoms with E-state index >= 15 is 0 Å². The molecule has 1 aromatic carbocycles. The number of benzene rings is 1. The summed E-state index contributed by atoms with van der Waals surface area (Å²) >= 11 is 0. The summed E-state index contributed by atoms with van der Waals surface area (Å²) in [5.74, 6) is 2.36. The fourth-order valence-corrected chi connectivity index (χ4v) is 4.35. The molecular weight excluding hydrogens is 378 g/mol. The fourth-order valence-electron chi connectivity index (χ4n) is 4.35. The third kappa shape index (κ3) is 5.85. The maximum Gasteiger partial charge on any atom is 0.227 e. The molecule has 0 radical (unpaired) electrons. The molecule has 0 bridgehead atoms. The number of methoxy groups -OCH3 is 1. The first-order valence-electron chi connectivity index (χ1n) is 11.0. The van der Waals surface area contributed by atoms with E-state index in [0.717, 1.165) is 61.9 Å². The normalized spacial score (nSPS) is 17.1. The van der Waals surface area contributed by atoms with Gasteiger partial charge in [0, 0.05) is 31.7 Å². The second-order valence-electron chi connectivity index (χ2n) is 8.32. The molecule has 2 aromatic rings. The zero-order valence-electron chi connectivity index (χ0n) is 18.8. The first kappa shape index (κ1) is 22.3. The molecule has 1 aromatic heterocycles. The summed E-state index contributed by atoms with van der Waals surface area (Å²) in [6.07, 6.45) is 3.77. The van der Waals surface area contributed by atoms with Crippen molar-refractivity contribution >= 4 is 5.91 Å². The fraction of sp³-hybridized carbons (Fsp3) is 0.583. The van der Waals surface area contributed by atoms with Crippen LogP contribution in [-0.2, 0) is 17.6 Å². The highest BCUT2D eigenvalue weighted by Crippen LogP contribution is 2.20. The van der Waals surface area contributed by atoms with Gasteiger partial charge < -0.3 is 19.1 Å². The number of likely N-dealkylation sites (N-methyl/N-ethyl adjacent to an activating group) is 1. The van der Waals surface area contributed by atoms with E-state index in [9.17, 15) is 4.79 Å². The molecule has 0 saturated carbocycles. The molecule has 2 heterocycles. The van der Waals surface area contributed by atoms with Gasteiger partial charge in [0.1, 0.15) is 11.5 Å². The summed E-state index contributed by atoms with van der Waals surface area (Å²) in [6, 6.07) is 8.32. The lowest BCUT2D eigenvalue weighted by Gasteiger charge is -2.35. The molecule has 6 heteroatoms. The summed E-state index contributed by atoms with van der Waals surface area (Å²) in [6.45, 7) is 10.6. The molecule has 1 saturated heterocycles. The smallest absolute Gasteiger partial charge is 0.227 e. The molecule has 1 aliphatic rings. The van der Waals surface area contributed by atoms with Crippen LogP contribution >= 0.6 is 0 Å². The highest BCUT2D eigenvalue weighted by molar-refractivity contribution is 5.79. The maximum atomic E-state index is 12.9. The first-order chi connectivity index (χ1) is 14.5. The van der Waals surface area contributed by atoms with E-state index in [1.807, 2.05) is 24.8 Å². The number of ether oxygens (including phenoxy) is 1. The number of carbonyl (C=O) groups is 1. The lowest BCUT2D eigenvalue weighted by atomic mass is 9.96. The number of hydrogen-bond acceptors (Lipinski definition) is 5. The predicted molar refractivity (Wildman–Crippen MR) is 118 cm³/mol.